The van der Waals surface area contributed by atoms with Crippen LogP contribution in [0, 0.1) is 13.8 Å². The van der Waals surface area contributed by atoms with E-state index in [9.17, 15) is 13.2 Å². The van der Waals surface area contributed by atoms with Gasteiger partial charge in [-0.05, 0) is 74.3 Å². The Morgan fingerprint density at radius 1 is 1.14 bits per heavy atom. The van der Waals surface area contributed by atoms with Crippen molar-refractivity contribution in [2.24, 2.45) is 0 Å². The van der Waals surface area contributed by atoms with Crippen LogP contribution in [-0.4, -0.2) is 34.1 Å². The van der Waals surface area contributed by atoms with Gasteiger partial charge in [0.1, 0.15) is 5.82 Å². The average molecular weight is 423 g/mol. The summed E-state index contributed by atoms with van der Waals surface area (Å²) in [6, 6.07) is 9.62. The molecule has 4 nitrogen and oxygen atoms in total. The zero-order valence-electron chi connectivity index (χ0n) is 16.5. The van der Waals surface area contributed by atoms with Crippen LogP contribution in [0.2, 0.25) is 0 Å². The summed E-state index contributed by atoms with van der Waals surface area (Å²) in [7, 11) is 0. The fraction of sp³-hybridized carbons (Fsp3) is 0.429. The topological polar surface area (TPSA) is 40.2 Å². The number of nitrogens with one attached hydrogen (secondary N) is 2. The van der Waals surface area contributed by atoms with Crippen molar-refractivity contribution in [3.05, 3.63) is 58.8 Å². The molecule has 2 aromatic rings. The number of halogens is 3. The highest BCUT2D eigenvalue weighted by molar-refractivity contribution is 7.80. The molecule has 1 aliphatic rings. The molecule has 3 rings (SSSR count). The highest BCUT2D eigenvalue weighted by atomic mass is 32.1. The summed E-state index contributed by atoms with van der Waals surface area (Å²) in [5, 5.41) is 7.32. The standard InChI is InChI=1S/C21H25F3N4S/c1-14-11-15(2)26-19(12-14)27-20(29)28-9-7-18(8-10-28)25-13-16-3-5-17(6-4-16)21(22,23)24/h3-6,11-12,18,25H,7-10,13H2,1-2H3,(H,26,27,29). The molecule has 0 atom stereocenters. The van der Waals surface area contributed by atoms with Gasteiger partial charge in [0.25, 0.3) is 0 Å². The smallest absolute Gasteiger partial charge is 0.349 e. The lowest BCUT2D eigenvalue weighted by molar-refractivity contribution is -0.137. The van der Waals surface area contributed by atoms with Gasteiger partial charge in [-0.2, -0.15) is 13.2 Å². The number of anilines is 1. The van der Waals surface area contributed by atoms with Crippen molar-refractivity contribution in [1.29, 1.82) is 0 Å². The van der Waals surface area contributed by atoms with E-state index in [-0.39, 0.29) is 0 Å². The molecule has 156 valence electrons. The highest BCUT2D eigenvalue weighted by Crippen LogP contribution is 2.29. The van der Waals surface area contributed by atoms with Crippen LogP contribution in [0.4, 0.5) is 19.0 Å². The Hall–Kier alpha value is -2.19. The Morgan fingerprint density at radius 2 is 1.79 bits per heavy atom. The van der Waals surface area contributed by atoms with Gasteiger partial charge in [0.15, 0.2) is 5.11 Å². The van der Waals surface area contributed by atoms with E-state index in [0.29, 0.717) is 17.7 Å². The van der Waals surface area contributed by atoms with E-state index in [1.807, 2.05) is 26.0 Å². The minimum atomic E-state index is -4.29. The Morgan fingerprint density at radius 3 is 2.38 bits per heavy atom. The second-order valence-corrected chi connectivity index (χ2v) is 7.82. The molecule has 0 bridgehead atoms. The van der Waals surface area contributed by atoms with E-state index in [4.69, 9.17) is 12.2 Å². The van der Waals surface area contributed by atoms with Crippen molar-refractivity contribution >= 4 is 23.1 Å². The number of likely N-dealkylation sites (tertiary alicyclic amines) is 1. The largest absolute Gasteiger partial charge is 0.416 e. The van der Waals surface area contributed by atoms with Crippen molar-refractivity contribution in [3.63, 3.8) is 0 Å². The number of alkyl halides is 3. The zero-order chi connectivity index (χ0) is 21.0. The van der Waals surface area contributed by atoms with Crippen molar-refractivity contribution in [2.75, 3.05) is 18.4 Å². The molecule has 1 fully saturated rings. The molecule has 1 aromatic heterocycles. The van der Waals surface area contributed by atoms with Gasteiger partial charge in [0, 0.05) is 31.4 Å². The van der Waals surface area contributed by atoms with Crippen LogP contribution in [0.15, 0.2) is 36.4 Å². The highest BCUT2D eigenvalue weighted by Gasteiger charge is 2.30. The molecule has 29 heavy (non-hydrogen) atoms. The number of aromatic nitrogens is 1. The van der Waals surface area contributed by atoms with Crippen molar-refractivity contribution in [1.82, 2.24) is 15.2 Å². The average Bonchev–Trinajstić information content (AvgIpc) is 2.65. The predicted octanol–water partition coefficient (Wildman–Crippen LogP) is 4.67. The summed E-state index contributed by atoms with van der Waals surface area (Å²) < 4.78 is 37.9. The van der Waals surface area contributed by atoms with Gasteiger partial charge in [0.05, 0.1) is 5.56 Å². The van der Waals surface area contributed by atoms with Gasteiger partial charge in [-0.25, -0.2) is 4.98 Å². The first-order valence-electron chi connectivity index (χ1n) is 9.61. The second kappa shape index (κ2) is 9.09. The third-order valence-electron chi connectivity index (χ3n) is 4.99. The lowest BCUT2D eigenvalue weighted by Crippen LogP contribution is -2.46. The first-order valence-corrected chi connectivity index (χ1v) is 10.0. The molecule has 2 heterocycles. The number of rotatable bonds is 4. The third-order valence-corrected chi connectivity index (χ3v) is 5.35. The van der Waals surface area contributed by atoms with Crippen LogP contribution in [0.3, 0.4) is 0 Å². The van der Waals surface area contributed by atoms with Crippen LogP contribution in [0.25, 0.3) is 0 Å². The monoisotopic (exact) mass is 422 g/mol. The number of nitrogens with zero attached hydrogens (tertiary/aromatic N) is 2. The Balaban J connectivity index is 1.44. The molecular formula is C21H25F3N4S. The summed E-state index contributed by atoms with van der Waals surface area (Å²) in [4.78, 5) is 6.59. The number of piperidine rings is 1. The molecule has 1 aromatic carbocycles. The number of aryl methyl sites for hydroxylation is 2. The number of hydrogen-bond donors (Lipinski definition) is 2. The van der Waals surface area contributed by atoms with Gasteiger partial charge in [-0.3, -0.25) is 0 Å². The van der Waals surface area contributed by atoms with E-state index in [1.165, 1.54) is 12.1 Å². The first-order chi connectivity index (χ1) is 13.7. The quantitative estimate of drug-likeness (QED) is 0.701. The minimum Gasteiger partial charge on any atom is -0.349 e. The molecule has 8 heteroatoms. The lowest BCUT2D eigenvalue weighted by atomic mass is 10.0. The molecule has 0 unspecified atom stereocenters. The van der Waals surface area contributed by atoms with Gasteiger partial charge < -0.3 is 15.5 Å². The van der Waals surface area contributed by atoms with E-state index >= 15 is 0 Å². The molecule has 0 saturated carbocycles. The van der Waals surface area contributed by atoms with Crippen molar-refractivity contribution in [2.45, 2.75) is 45.5 Å². The van der Waals surface area contributed by atoms with Crippen molar-refractivity contribution in [3.8, 4) is 0 Å². The molecule has 1 saturated heterocycles. The van der Waals surface area contributed by atoms with Gasteiger partial charge in [0.2, 0.25) is 0 Å². The van der Waals surface area contributed by atoms with Crippen LogP contribution in [0.1, 0.15) is 35.2 Å². The van der Waals surface area contributed by atoms with E-state index in [1.54, 1.807) is 0 Å². The Kier molecular flexibility index (Phi) is 6.74. The predicted molar refractivity (Wildman–Crippen MR) is 113 cm³/mol. The Bertz CT molecular complexity index is 824. The SMILES string of the molecule is Cc1cc(C)nc(NC(=S)N2CCC(NCc3ccc(C(F)(F)F)cc3)CC2)c1. The Labute approximate surface area is 174 Å². The summed E-state index contributed by atoms with van der Waals surface area (Å²) in [6.07, 6.45) is -2.45. The maximum absolute atomic E-state index is 12.6. The van der Waals surface area contributed by atoms with E-state index < -0.39 is 11.7 Å². The molecule has 1 aliphatic heterocycles. The molecule has 0 spiro atoms. The third kappa shape index (κ3) is 6.14. The summed E-state index contributed by atoms with van der Waals surface area (Å²) >= 11 is 5.53. The van der Waals surface area contributed by atoms with Crippen LogP contribution < -0.4 is 10.6 Å². The van der Waals surface area contributed by atoms with Crippen LogP contribution >= 0.6 is 12.2 Å². The molecule has 0 amide bonds. The molecule has 2 N–H and O–H groups in total. The number of pyridine rings is 1. The maximum atomic E-state index is 12.6. The second-order valence-electron chi connectivity index (χ2n) is 7.44. The fourth-order valence-corrected chi connectivity index (χ4v) is 3.74. The molecule has 0 radical (unpaired) electrons. The first kappa shape index (κ1) is 21.5. The fourth-order valence-electron chi connectivity index (χ4n) is 3.45. The molecule has 0 aliphatic carbocycles. The van der Waals surface area contributed by atoms with Crippen LogP contribution in [-0.2, 0) is 12.7 Å². The summed E-state index contributed by atoms with van der Waals surface area (Å²) in [6.45, 7) is 6.17. The van der Waals surface area contributed by atoms with E-state index in [0.717, 1.165) is 60.7 Å². The summed E-state index contributed by atoms with van der Waals surface area (Å²) in [5.41, 5.74) is 2.31. The van der Waals surface area contributed by atoms with Gasteiger partial charge in [-0.15, -0.1) is 0 Å². The number of benzene rings is 1. The number of thiocarbonyl (C=S) groups is 1. The van der Waals surface area contributed by atoms with Crippen LogP contribution in [0.5, 0.6) is 0 Å². The maximum Gasteiger partial charge on any atom is 0.416 e. The van der Waals surface area contributed by atoms with E-state index in [2.05, 4.69) is 20.5 Å². The minimum absolute atomic E-state index is 0.315. The molecular weight excluding hydrogens is 397 g/mol. The number of hydrogen-bond acceptors (Lipinski definition) is 3. The summed E-state index contributed by atoms with van der Waals surface area (Å²) in [5.74, 6) is 0.759. The van der Waals surface area contributed by atoms with Crippen molar-refractivity contribution < 1.29 is 13.2 Å². The van der Waals surface area contributed by atoms with Gasteiger partial charge in [-0.1, -0.05) is 12.1 Å². The normalized spacial score (nSPS) is 15.4. The van der Waals surface area contributed by atoms with Gasteiger partial charge >= 0.3 is 6.18 Å². The zero-order valence-corrected chi connectivity index (χ0v) is 17.3. The lowest BCUT2D eigenvalue weighted by Gasteiger charge is -2.34.